The monoisotopic (exact) mass is 586 g/mol. The van der Waals surface area contributed by atoms with Crippen molar-refractivity contribution in [3.8, 4) is 28.1 Å². The molecular formula is C42H26N4. The van der Waals surface area contributed by atoms with Gasteiger partial charge in [0.25, 0.3) is 0 Å². The maximum atomic E-state index is 5.30. The Morgan fingerprint density at radius 2 is 1.09 bits per heavy atom. The van der Waals surface area contributed by atoms with E-state index in [0.29, 0.717) is 0 Å². The summed E-state index contributed by atoms with van der Waals surface area (Å²) in [5.74, 6) is 0. The van der Waals surface area contributed by atoms with Gasteiger partial charge in [-0.25, -0.2) is 9.50 Å². The van der Waals surface area contributed by atoms with Gasteiger partial charge in [-0.05, 0) is 47.3 Å². The molecule has 10 rings (SSSR count). The van der Waals surface area contributed by atoms with Crippen LogP contribution in [0.5, 0.6) is 0 Å². The zero-order valence-corrected chi connectivity index (χ0v) is 24.8. The van der Waals surface area contributed by atoms with E-state index in [2.05, 4.69) is 156 Å². The molecule has 0 saturated carbocycles. The van der Waals surface area contributed by atoms with E-state index < -0.39 is 0 Å². The molecule has 0 N–H and O–H groups in total. The summed E-state index contributed by atoms with van der Waals surface area (Å²) < 4.78 is 4.42. The van der Waals surface area contributed by atoms with Crippen LogP contribution < -0.4 is 0 Å². The van der Waals surface area contributed by atoms with Gasteiger partial charge in [0.15, 0.2) is 0 Å². The van der Waals surface area contributed by atoms with Gasteiger partial charge in [0.2, 0.25) is 0 Å². The fraction of sp³-hybridized carbons (Fsp3) is 0. The Morgan fingerprint density at radius 1 is 0.413 bits per heavy atom. The molecule has 0 unspecified atom stereocenters. The van der Waals surface area contributed by atoms with Crippen LogP contribution in [0.25, 0.3) is 88.0 Å². The lowest BCUT2D eigenvalue weighted by Gasteiger charge is -2.15. The number of rotatable bonds is 3. The van der Waals surface area contributed by atoms with Gasteiger partial charge in [-0.2, -0.15) is 5.10 Å². The van der Waals surface area contributed by atoms with Crippen molar-refractivity contribution in [2.75, 3.05) is 0 Å². The van der Waals surface area contributed by atoms with Gasteiger partial charge in [0, 0.05) is 49.9 Å². The Labute approximate surface area is 264 Å². The quantitative estimate of drug-likeness (QED) is 0.193. The highest BCUT2D eigenvalue weighted by atomic mass is 15.2. The van der Waals surface area contributed by atoms with E-state index in [4.69, 9.17) is 10.1 Å². The standard InChI is InChI=1S/C42H26N4/c1-2-10-28(11-3-1)41-40-33(31-12-4-7-15-36(31)43-41)23-24-34-32-13-6-9-17-39(32)46(42(34)40)30-21-18-27(19-22-30)29-20-25-38-35-14-5-8-16-37(35)44-45(38)26-29/h1-26H. The number of hydrogen-bond acceptors (Lipinski definition) is 2. The van der Waals surface area contributed by atoms with Crippen molar-refractivity contribution < 1.29 is 0 Å². The Bertz CT molecular complexity index is 2790. The fourth-order valence-electron chi connectivity index (χ4n) is 7.22. The lowest BCUT2D eigenvalue weighted by Crippen LogP contribution is -1.97. The lowest BCUT2D eigenvalue weighted by atomic mass is 9.97. The van der Waals surface area contributed by atoms with Crippen LogP contribution in [-0.4, -0.2) is 19.2 Å². The molecule has 4 aromatic heterocycles. The number of aromatic nitrogens is 4. The third kappa shape index (κ3) is 3.61. The Kier molecular flexibility index (Phi) is 5.25. The van der Waals surface area contributed by atoms with Crippen LogP contribution in [0.1, 0.15) is 0 Å². The average Bonchev–Trinajstić information content (AvgIpc) is 3.67. The van der Waals surface area contributed by atoms with E-state index in [1.54, 1.807) is 0 Å². The van der Waals surface area contributed by atoms with Crippen LogP contribution in [0.2, 0.25) is 0 Å². The Balaban J connectivity index is 1.23. The smallest absolute Gasteiger partial charge is 0.0933 e. The highest BCUT2D eigenvalue weighted by molar-refractivity contribution is 6.25. The molecular weight excluding hydrogens is 560 g/mol. The fourth-order valence-corrected chi connectivity index (χ4v) is 7.22. The normalized spacial score (nSPS) is 11.9. The molecule has 10 aromatic rings. The summed E-state index contributed by atoms with van der Waals surface area (Å²) in [5, 5.41) is 12.0. The topological polar surface area (TPSA) is 35.1 Å². The number of nitrogens with zero attached hydrogens (tertiary/aromatic N) is 4. The predicted molar refractivity (Wildman–Crippen MR) is 191 cm³/mol. The number of fused-ring (bicyclic) bond motifs is 10. The zero-order valence-electron chi connectivity index (χ0n) is 24.8. The Morgan fingerprint density at radius 3 is 1.93 bits per heavy atom. The van der Waals surface area contributed by atoms with Crippen LogP contribution in [-0.2, 0) is 0 Å². The summed E-state index contributed by atoms with van der Waals surface area (Å²) in [7, 11) is 0. The van der Waals surface area contributed by atoms with E-state index in [1.165, 1.54) is 38.0 Å². The SMILES string of the molecule is c1ccc(-c2nc3ccccc3c3ccc4c5ccccc5n(-c5ccc(-c6ccc7c8ccccc8nn7c6)cc5)c4c23)cc1. The number of pyridine rings is 2. The molecule has 0 aliphatic carbocycles. The average molecular weight is 587 g/mol. The second kappa shape index (κ2) is 9.62. The van der Waals surface area contributed by atoms with Gasteiger partial charge in [-0.3, -0.25) is 0 Å². The van der Waals surface area contributed by atoms with Crippen molar-refractivity contribution in [3.63, 3.8) is 0 Å². The molecule has 0 aliphatic rings. The van der Waals surface area contributed by atoms with Crippen LogP contribution in [0, 0.1) is 0 Å². The van der Waals surface area contributed by atoms with Crippen molar-refractivity contribution >= 4 is 59.9 Å². The predicted octanol–water partition coefficient (Wildman–Crippen LogP) is 10.6. The second-order valence-corrected chi connectivity index (χ2v) is 11.9. The van der Waals surface area contributed by atoms with E-state index in [-0.39, 0.29) is 0 Å². The van der Waals surface area contributed by atoms with Crippen molar-refractivity contribution in [2.24, 2.45) is 0 Å². The maximum absolute atomic E-state index is 5.30. The molecule has 4 nitrogen and oxygen atoms in total. The molecule has 0 aliphatic heterocycles. The molecule has 214 valence electrons. The molecule has 0 atom stereocenters. The highest BCUT2D eigenvalue weighted by Gasteiger charge is 2.20. The third-order valence-electron chi connectivity index (χ3n) is 9.33. The van der Waals surface area contributed by atoms with Gasteiger partial charge < -0.3 is 4.57 Å². The van der Waals surface area contributed by atoms with E-state index >= 15 is 0 Å². The maximum Gasteiger partial charge on any atom is 0.0933 e. The van der Waals surface area contributed by atoms with Crippen LogP contribution in [0.3, 0.4) is 0 Å². The number of benzene rings is 6. The van der Waals surface area contributed by atoms with Crippen LogP contribution in [0.15, 0.2) is 158 Å². The third-order valence-corrected chi connectivity index (χ3v) is 9.33. The summed E-state index contributed by atoms with van der Waals surface area (Å²) in [4.78, 5) is 5.30. The summed E-state index contributed by atoms with van der Waals surface area (Å²) >= 11 is 0. The molecule has 0 saturated heterocycles. The van der Waals surface area contributed by atoms with Gasteiger partial charge in [-0.15, -0.1) is 0 Å². The molecule has 4 heterocycles. The molecule has 6 aromatic carbocycles. The molecule has 0 spiro atoms. The minimum Gasteiger partial charge on any atom is -0.309 e. The van der Waals surface area contributed by atoms with Crippen molar-refractivity contribution in [1.82, 2.24) is 19.2 Å². The van der Waals surface area contributed by atoms with E-state index in [0.717, 1.165) is 50.0 Å². The first-order valence-electron chi connectivity index (χ1n) is 15.6. The first-order chi connectivity index (χ1) is 22.8. The van der Waals surface area contributed by atoms with Gasteiger partial charge in [0.05, 0.1) is 33.3 Å². The summed E-state index contributed by atoms with van der Waals surface area (Å²) in [5.41, 5.74) is 11.0. The molecule has 4 heteroatoms. The highest BCUT2D eigenvalue weighted by Crippen LogP contribution is 2.42. The molecule has 0 bridgehead atoms. The summed E-state index contributed by atoms with van der Waals surface area (Å²) in [6, 6.07) is 53.9. The van der Waals surface area contributed by atoms with Crippen LogP contribution in [0.4, 0.5) is 0 Å². The van der Waals surface area contributed by atoms with E-state index in [9.17, 15) is 0 Å². The van der Waals surface area contributed by atoms with Crippen molar-refractivity contribution in [1.29, 1.82) is 0 Å². The minimum absolute atomic E-state index is 1.00. The zero-order chi connectivity index (χ0) is 30.2. The van der Waals surface area contributed by atoms with Crippen molar-refractivity contribution in [3.05, 3.63) is 158 Å². The van der Waals surface area contributed by atoms with Gasteiger partial charge >= 0.3 is 0 Å². The second-order valence-electron chi connectivity index (χ2n) is 11.9. The molecule has 0 amide bonds. The lowest BCUT2D eigenvalue weighted by molar-refractivity contribution is 0.983. The summed E-state index contributed by atoms with van der Waals surface area (Å²) in [6.45, 7) is 0. The largest absolute Gasteiger partial charge is 0.309 e. The van der Waals surface area contributed by atoms with Crippen molar-refractivity contribution in [2.45, 2.75) is 0 Å². The van der Waals surface area contributed by atoms with Gasteiger partial charge in [-0.1, -0.05) is 115 Å². The first-order valence-corrected chi connectivity index (χ1v) is 15.6. The van der Waals surface area contributed by atoms with Gasteiger partial charge in [0.1, 0.15) is 0 Å². The first kappa shape index (κ1) is 25.1. The Hall–Kier alpha value is -6.26. The summed E-state index contributed by atoms with van der Waals surface area (Å²) in [6.07, 6.45) is 2.13. The number of hydrogen-bond donors (Lipinski definition) is 0. The molecule has 0 radical (unpaired) electrons. The van der Waals surface area contributed by atoms with E-state index in [1.807, 2.05) is 10.6 Å². The van der Waals surface area contributed by atoms with Crippen LogP contribution >= 0.6 is 0 Å². The minimum atomic E-state index is 1.00. The molecule has 0 fully saturated rings. The molecule has 46 heavy (non-hydrogen) atoms. The number of para-hydroxylation sites is 2.